The smallest absolute Gasteiger partial charge is 0.407 e. The van der Waals surface area contributed by atoms with Crippen LogP contribution in [0.3, 0.4) is 0 Å². The van der Waals surface area contributed by atoms with E-state index in [0.717, 1.165) is 12.8 Å². The van der Waals surface area contributed by atoms with E-state index in [1.807, 2.05) is 27.7 Å². The average Bonchev–Trinajstić information content (AvgIpc) is 2.20. The summed E-state index contributed by atoms with van der Waals surface area (Å²) in [7, 11) is 0. The minimum atomic E-state index is -0.459. The maximum Gasteiger partial charge on any atom is 0.407 e. The summed E-state index contributed by atoms with van der Waals surface area (Å²) in [6.45, 7) is 8.52. The van der Waals surface area contributed by atoms with Crippen molar-refractivity contribution >= 4 is 12.0 Å². The van der Waals surface area contributed by atoms with E-state index < -0.39 is 11.7 Å². The predicted molar refractivity (Wildman–Crippen MR) is 66.8 cm³/mol. The summed E-state index contributed by atoms with van der Waals surface area (Å²) in [5.74, 6) is 0.0603. The molecular weight excluding hydrogens is 220 g/mol. The fraction of sp³-hybridized carbons (Fsp3) is 0.833. The first-order valence-electron chi connectivity index (χ1n) is 6.08. The number of nitrogens with one attached hydrogen (secondary N) is 2. The maximum absolute atomic E-state index is 11.2. The summed E-state index contributed by atoms with van der Waals surface area (Å²) in [6, 6.07) is 0. The standard InChI is InChI=1S/C12H24N2O3/c1-5-10(15)13-8-6-7-9-14-11(16)17-12(2,3)4/h5-9H2,1-4H3,(H,13,15)(H,14,16). The highest BCUT2D eigenvalue weighted by Crippen LogP contribution is 2.06. The predicted octanol–water partition coefficient (Wildman–Crippen LogP) is 1.82. The van der Waals surface area contributed by atoms with Crippen molar-refractivity contribution in [3.8, 4) is 0 Å². The quantitative estimate of drug-likeness (QED) is 0.700. The van der Waals surface area contributed by atoms with Crippen LogP contribution in [0.2, 0.25) is 0 Å². The monoisotopic (exact) mass is 244 g/mol. The molecule has 2 N–H and O–H groups in total. The molecule has 0 aromatic rings. The third-order valence-electron chi connectivity index (χ3n) is 1.92. The molecule has 0 saturated carbocycles. The molecule has 0 aliphatic rings. The highest BCUT2D eigenvalue weighted by molar-refractivity contribution is 5.75. The lowest BCUT2D eigenvalue weighted by Crippen LogP contribution is -2.33. The van der Waals surface area contributed by atoms with Gasteiger partial charge in [0.25, 0.3) is 0 Å². The molecule has 5 nitrogen and oxygen atoms in total. The van der Waals surface area contributed by atoms with E-state index in [4.69, 9.17) is 4.74 Å². The molecule has 0 unspecified atom stereocenters. The van der Waals surface area contributed by atoms with E-state index in [-0.39, 0.29) is 5.91 Å². The summed E-state index contributed by atoms with van der Waals surface area (Å²) >= 11 is 0. The minimum absolute atomic E-state index is 0.0603. The Labute approximate surface area is 103 Å². The van der Waals surface area contributed by atoms with Crippen molar-refractivity contribution in [1.82, 2.24) is 10.6 Å². The fourth-order valence-corrected chi connectivity index (χ4v) is 1.11. The van der Waals surface area contributed by atoms with E-state index in [2.05, 4.69) is 10.6 Å². The van der Waals surface area contributed by atoms with Crippen LogP contribution in [0.15, 0.2) is 0 Å². The van der Waals surface area contributed by atoms with Crippen molar-refractivity contribution in [2.75, 3.05) is 13.1 Å². The van der Waals surface area contributed by atoms with Crippen LogP contribution in [-0.4, -0.2) is 30.7 Å². The zero-order valence-electron chi connectivity index (χ0n) is 11.3. The average molecular weight is 244 g/mol. The summed E-state index contributed by atoms with van der Waals surface area (Å²) < 4.78 is 5.08. The normalized spacial score (nSPS) is 10.8. The molecule has 0 rings (SSSR count). The Morgan fingerprint density at radius 2 is 1.59 bits per heavy atom. The Balaban J connectivity index is 3.40. The molecule has 0 fully saturated rings. The number of hydrogen-bond donors (Lipinski definition) is 2. The lowest BCUT2D eigenvalue weighted by molar-refractivity contribution is -0.120. The minimum Gasteiger partial charge on any atom is -0.444 e. The van der Waals surface area contributed by atoms with Crippen LogP contribution in [0.25, 0.3) is 0 Å². The molecule has 0 atom stereocenters. The van der Waals surface area contributed by atoms with Crippen LogP contribution in [0.5, 0.6) is 0 Å². The van der Waals surface area contributed by atoms with Gasteiger partial charge in [-0.3, -0.25) is 4.79 Å². The summed E-state index contributed by atoms with van der Waals surface area (Å²) in [4.78, 5) is 22.2. The lowest BCUT2D eigenvalue weighted by Gasteiger charge is -2.19. The summed E-state index contributed by atoms with van der Waals surface area (Å²) in [6.07, 6.45) is 1.79. The van der Waals surface area contributed by atoms with Crippen molar-refractivity contribution in [2.24, 2.45) is 0 Å². The van der Waals surface area contributed by atoms with Crippen molar-refractivity contribution in [3.05, 3.63) is 0 Å². The number of hydrogen-bond acceptors (Lipinski definition) is 3. The molecule has 0 radical (unpaired) electrons. The third-order valence-corrected chi connectivity index (χ3v) is 1.92. The van der Waals surface area contributed by atoms with Gasteiger partial charge in [0.05, 0.1) is 0 Å². The zero-order chi connectivity index (χ0) is 13.3. The van der Waals surface area contributed by atoms with Crippen LogP contribution < -0.4 is 10.6 Å². The Morgan fingerprint density at radius 1 is 1.06 bits per heavy atom. The van der Waals surface area contributed by atoms with Gasteiger partial charge in [-0.25, -0.2) is 4.79 Å². The molecule has 5 heteroatoms. The van der Waals surface area contributed by atoms with Crippen LogP contribution >= 0.6 is 0 Å². The number of amides is 2. The van der Waals surface area contributed by atoms with E-state index in [1.54, 1.807) is 0 Å². The van der Waals surface area contributed by atoms with Gasteiger partial charge in [-0.2, -0.15) is 0 Å². The van der Waals surface area contributed by atoms with Crippen molar-refractivity contribution in [2.45, 2.75) is 52.6 Å². The molecule has 0 bridgehead atoms. The molecule has 0 aliphatic heterocycles. The Hall–Kier alpha value is -1.26. The summed E-state index contributed by atoms with van der Waals surface area (Å²) in [5, 5.41) is 5.44. The van der Waals surface area contributed by atoms with Gasteiger partial charge in [0.15, 0.2) is 0 Å². The number of alkyl carbamates (subject to hydrolysis) is 1. The molecule has 17 heavy (non-hydrogen) atoms. The zero-order valence-corrected chi connectivity index (χ0v) is 11.3. The molecule has 0 heterocycles. The van der Waals surface area contributed by atoms with Crippen LogP contribution in [0.1, 0.15) is 47.0 Å². The molecular formula is C12H24N2O3. The van der Waals surface area contributed by atoms with Gasteiger partial charge >= 0.3 is 6.09 Å². The van der Waals surface area contributed by atoms with Crippen LogP contribution in [0, 0.1) is 0 Å². The third kappa shape index (κ3) is 11.0. The second kappa shape index (κ2) is 7.92. The second-order valence-electron chi connectivity index (χ2n) is 4.84. The van der Waals surface area contributed by atoms with Crippen molar-refractivity contribution < 1.29 is 14.3 Å². The SMILES string of the molecule is CCC(=O)NCCCCNC(=O)OC(C)(C)C. The van der Waals surface area contributed by atoms with E-state index >= 15 is 0 Å². The van der Waals surface area contributed by atoms with Crippen LogP contribution in [0.4, 0.5) is 4.79 Å². The van der Waals surface area contributed by atoms with Gasteiger partial charge in [0.1, 0.15) is 5.60 Å². The molecule has 0 spiro atoms. The topological polar surface area (TPSA) is 67.4 Å². The molecule has 0 aliphatic carbocycles. The first-order valence-corrected chi connectivity index (χ1v) is 6.08. The van der Waals surface area contributed by atoms with Crippen LogP contribution in [-0.2, 0) is 9.53 Å². The second-order valence-corrected chi connectivity index (χ2v) is 4.84. The highest BCUT2D eigenvalue weighted by atomic mass is 16.6. The van der Waals surface area contributed by atoms with E-state index in [9.17, 15) is 9.59 Å². The number of carbonyl (C=O) groups excluding carboxylic acids is 2. The molecule has 0 saturated heterocycles. The Kier molecular flexibility index (Phi) is 7.34. The Morgan fingerprint density at radius 3 is 2.06 bits per heavy atom. The summed E-state index contributed by atoms with van der Waals surface area (Å²) in [5.41, 5.74) is -0.459. The first kappa shape index (κ1) is 15.7. The van der Waals surface area contributed by atoms with Gasteiger partial charge < -0.3 is 15.4 Å². The van der Waals surface area contributed by atoms with Gasteiger partial charge in [0.2, 0.25) is 5.91 Å². The number of unbranched alkanes of at least 4 members (excludes halogenated alkanes) is 1. The number of ether oxygens (including phenoxy) is 1. The van der Waals surface area contributed by atoms with Crippen molar-refractivity contribution in [1.29, 1.82) is 0 Å². The maximum atomic E-state index is 11.2. The van der Waals surface area contributed by atoms with Gasteiger partial charge in [-0.15, -0.1) is 0 Å². The largest absolute Gasteiger partial charge is 0.444 e. The molecule has 2 amide bonds. The highest BCUT2D eigenvalue weighted by Gasteiger charge is 2.15. The lowest BCUT2D eigenvalue weighted by atomic mass is 10.2. The molecule has 100 valence electrons. The van der Waals surface area contributed by atoms with Gasteiger partial charge in [-0.1, -0.05) is 6.92 Å². The fourth-order valence-electron chi connectivity index (χ4n) is 1.11. The molecule has 0 aromatic carbocycles. The molecule has 0 aromatic heterocycles. The Bertz CT molecular complexity index is 247. The van der Waals surface area contributed by atoms with Gasteiger partial charge in [-0.05, 0) is 33.6 Å². The number of rotatable bonds is 6. The van der Waals surface area contributed by atoms with E-state index in [1.165, 1.54) is 0 Å². The first-order chi connectivity index (χ1) is 7.85. The van der Waals surface area contributed by atoms with Crippen molar-refractivity contribution in [3.63, 3.8) is 0 Å². The van der Waals surface area contributed by atoms with Gasteiger partial charge in [0, 0.05) is 19.5 Å². The van der Waals surface area contributed by atoms with E-state index in [0.29, 0.717) is 19.5 Å². The number of carbonyl (C=O) groups is 2.